The Morgan fingerprint density at radius 3 is 2.06 bits per heavy atom. The minimum Gasteiger partial charge on any atom is -0.398 e. The van der Waals surface area contributed by atoms with Gasteiger partial charge in [0.1, 0.15) is 0 Å². The monoisotopic (exact) mass is 231 g/mol. The molecule has 0 aliphatic carbocycles. The first-order chi connectivity index (χ1) is 7.09. The molecule has 0 unspecified atom stereocenters. The summed E-state index contributed by atoms with van der Waals surface area (Å²) >= 11 is 0. The van der Waals surface area contributed by atoms with Crippen molar-refractivity contribution >= 4 is 5.69 Å². The molecular weight excluding hydrogens is 215 g/mol. The molecule has 0 spiro atoms. The number of hydrogen-bond donors (Lipinski definition) is 1. The fraction of sp³-hybridized carbons (Fsp3) is 0.500. The summed E-state index contributed by atoms with van der Waals surface area (Å²) in [5.74, 6) is 0. The van der Waals surface area contributed by atoms with E-state index < -0.39 is 11.7 Å². The molecule has 0 radical (unpaired) electrons. The molecule has 0 heterocycles. The quantitative estimate of drug-likeness (QED) is 0.729. The van der Waals surface area contributed by atoms with Gasteiger partial charge >= 0.3 is 6.18 Å². The van der Waals surface area contributed by atoms with Gasteiger partial charge < -0.3 is 5.73 Å². The molecule has 0 fully saturated rings. The van der Waals surface area contributed by atoms with Crippen LogP contribution in [-0.4, -0.2) is 0 Å². The molecule has 1 rings (SSSR count). The molecule has 0 aliphatic heterocycles. The topological polar surface area (TPSA) is 26.0 Å². The number of hydrogen-bond acceptors (Lipinski definition) is 1. The Morgan fingerprint density at radius 1 is 1.12 bits per heavy atom. The van der Waals surface area contributed by atoms with Crippen molar-refractivity contribution in [1.82, 2.24) is 0 Å². The van der Waals surface area contributed by atoms with Crippen molar-refractivity contribution < 1.29 is 13.2 Å². The van der Waals surface area contributed by atoms with Gasteiger partial charge in [0.05, 0.1) is 5.56 Å². The van der Waals surface area contributed by atoms with Crippen LogP contribution < -0.4 is 5.73 Å². The molecule has 0 amide bonds. The summed E-state index contributed by atoms with van der Waals surface area (Å²) in [6.45, 7) is 6.09. The fourth-order valence-corrected chi connectivity index (χ4v) is 1.59. The zero-order valence-corrected chi connectivity index (χ0v) is 9.65. The van der Waals surface area contributed by atoms with Gasteiger partial charge in [-0.05, 0) is 29.5 Å². The highest BCUT2D eigenvalue weighted by Gasteiger charge is 2.32. The third kappa shape index (κ3) is 3.43. The van der Waals surface area contributed by atoms with Crippen molar-refractivity contribution in [3.8, 4) is 0 Å². The molecule has 2 N–H and O–H groups in total. The number of alkyl halides is 3. The second-order valence-corrected chi connectivity index (χ2v) is 5.16. The summed E-state index contributed by atoms with van der Waals surface area (Å²) in [6.07, 6.45) is -3.67. The van der Waals surface area contributed by atoms with E-state index in [2.05, 4.69) is 0 Å². The van der Waals surface area contributed by atoms with E-state index in [0.29, 0.717) is 6.42 Å². The van der Waals surface area contributed by atoms with Crippen molar-refractivity contribution in [2.24, 2.45) is 5.41 Å². The van der Waals surface area contributed by atoms with Crippen LogP contribution >= 0.6 is 0 Å². The van der Waals surface area contributed by atoms with Gasteiger partial charge in [-0.25, -0.2) is 0 Å². The zero-order valence-electron chi connectivity index (χ0n) is 9.65. The average molecular weight is 231 g/mol. The number of benzene rings is 1. The Morgan fingerprint density at radius 2 is 1.69 bits per heavy atom. The number of anilines is 1. The van der Waals surface area contributed by atoms with E-state index in [4.69, 9.17) is 5.73 Å². The van der Waals surface area contributed by atoms with Crippen LogP contribution in [0, 0.1) is 5.41 Å². The van der Waals surface area contributed by atoms with Gasteiger partial charge in [-0.1, -0.05) is 26.8 Å². The second-order valence-electron chi connectivity index (χ2n) is 5.16. The van der Waals surface area contributed by atoms with E-state index in [9.17, 15) is 13.2 Å². The van der Waals surface area contributed by atoms with Crippen LogP contribution in [-0.2, 0) is 12.6 Å². The maximum atomic E-state index is 12.4. The Balaban J connectivity index is 3.01. The SMILES string of the molecule is CC(C)(C)Cc1ccc(C(F)(F)F)c(N)c1. The molecule has 0 aromatic heterocycles. The number of rotatable bonds is 1. The van der Waals surface area contributed by atoms with Gasteiger partial charge in [0.25, 0.3) is 0 Å². The lowest BCUT2D eigenvalue weighted by molar-refractivity contribution is -0.136. The molecule has 0 atom stereocenters. The molecule has 90 valence electrons. The summed E-state index contributed by atoms with van der Waals surface area (Å²) in [6, 6.07) is 3.95. The molecule has 1 aromatic rings. The summed E-state index contributed by atoms with van der Waals surface area (Å²) in [7, 11) is 0. The zero-order chi connectivity index (χ0) is 12.6. The van der Waals surface area contributed by atoms with E-state index in [-0.39, 0.29) is 11.1 Å². The normalized spacial score (nSPS) is 12.9. The number of nitrogens with two attached hydrogens (primary N) is 1. The third-order valence-electron chi connectivity index (χ3n) is 2.16. The lowest BCUT2D eigenvalue weighted by atomic mass is 9.87. The van der Waals surface area contributed by atoms with Crippen LogP contribution in [0.5, 0.6) is 0 Å². The van der Waals surface area contributed by atoms with E-state index in [0.717, 1.165) is 11.6 Å². The van der Waals surface area contributed by atoms with E-state index in [1.165, 1.54) is 12.1 Å². The highest BCUT2D eigenvalue weighted by molar-refractivity contribution is 5.50. The largest absolute Gasteiger partial charge is 0.418 e. The van der Waals surface area contributed by atoms with Crippen LogP contribution in [0.2, 0.25) is 0 Å². The second kappa shape index (κ2) is 4.00. The van der Waals surface area contributed by atoms with Gasteiger partial charge in [0, 0.05) is 5.69 Å². The first-order valence-electron chi connectivity index (χ1n) is 5.05. The summed E-state index contributed by atoms with van der Waals surface area (Å²) < 4.78 is 37.3. The molecule has 0 saturated heterocycles. The van der Waals surface area contributed by atoms with Gasteiger partial charge in [0.2, 0.25) is 0 Å². The highest BCUT2D eigenvalue weighted by Crippen LogP contribution is 2.34. The van der Waals surface area contributed by atoms with Crippen LogP contribution in [0.3, 0.4) is 0 Å². The van der Waals surface area contributed by atoms with E-state index in [1.54, 1.807) is 0 Å². The molecule has 1 aromatic carbocycles. The molecule has 4 heteroatoms. The standard InChI is InChI=1S/C12H16F3N/c1-11(2,3)7-8-4-5-9(10(16)6-8)12(13,14)15/h4-6H,7,16H2,1-3H3. The Labute approximate surface area is 93.5 Å². The molecule has 16 heavy (non-hydrogen) atoms. The fourth-order valence-electron chi connectivity index (χ4n) is 1.59. The molecule has 0 aliphatic rings. The van der Waals surface area contributed by atoms with Gasteiger partial charge in [0.15, 0.2) is 0 Å². The van der Waals surface area contributed by atoms with Crippen molar-refractivity contribution in [2.45, 2.75) is 33.4 Å². The summed E-state index contributed by atoms with van der Waals surface area (Å²) in [4.78, 5) is 0. The van der Waals surface area contributed by atoms with Gasteiger partial charge in [-0.3, -0.25) is 0 Å². The Hall–Kier alpha value is -1.19. The maximum absolute atomic E-state index is 12.4. The number of halogens is 3. The lowest BCUT2D eigenvalue weighted by Crippen LogP contribution is -2.12. The van der Waals surface area contributed by atoms with Crippen LogP contribution in [0.25, 0.3) is 0 Å². The maximum Gasteiger partial charge on any atom is 0.418 e. The van der Waals surface area contributed by atoms with Crippen molar-refractivity contribution in [2.75, 3.05) is 5.73 Å². The van der Waals surface area contributed by atoms with Crippen LogP contribution in [0.15, 0.2) is 18.2 Å². The third-order valence-corrected chi connectivity index (χ3v) is 2.16. The summed E-state index contributed by atoms with van der Waals surface area (Å²) in [5, 5.41) is 0. The molecule has 0 saturated carbocycles. The smallest absolute Gasteiger partial charge is 0.398 e. The molecule has 1 nitrogen and oxygen atoms in total. The van der Waals surface area contributed by atoms with Gasteiger partial charge in [-0.15, -0.1) is 0 Å². The summed E-state index contributed by atoms with van der Waals surface area (Å²) in [5.41, 5.74) is 5.31. The minimum atomic E-state index is -4.37. The highest BCUT2D eigenvalue weighted by atomic mass is 19.4. The van der Waals surface area contributed by atoms with E-state index >= 15 is 0 Å². The van der Waals surface area contributed by atoms with Crippen molar-refractivity contribution in [1.29, 1.82) is 0 Å². The lowest BCUT2D eigenvalue weighted by Gasteiger charge is -2.19. The predicted molar refractivity (Wildman–Crippen MR) is 59.0 cm³/mol. The van der Waals surface area contributed by atoms with Crippen LogP contribution in [0.4, 0.5) is 18.9 Å². The average Bonchev–Trinajstić information content (AvgIpc) is 1.97. The van der Waals surface area contributed by atoms with E-state index in [1.807, 2.05) is 20.8 Å². The predicted octanol–water partition coefficient (Wildman–Crippen LogP) is 3.88. The first-order valence-corrected chi connectivity index (χ1v) is 5.05. The minimum absolute atomic E-state index is 0.0339. The Bertz CT molecular complexity index is 375. The van der Waals surface area contributed by atoms with Crippen molar-refractivity contribution in [3.63, 3.8) is 0 Å². The van der Waals surface area contributed by atoms with Gasteiger partial charge in [-0.2, -0.15) is 13.2 Å². The van der Waals surface area contributed by atoms with Crippen molar-refractivity contribution in [3.05, 3.63) is 29.3 Å². The molecule has 0 bridgehead atoms. The Kier molecular flexibility index (Phi) is 3.22. The number of nitrogen functional groups attached to an aromatic ring is 1. The first kappa shape index (κ1) is 12.9. The molecular formula is C12H16F3N. The van der Waals surface area contributed by atoms with Crippen LogP contribution in [0.1, 0.15) is 31.9 Å².